The Balaban J connectivity index is 1.63. The number of amides is 1. The first kappa shape index (κ1) is 13.9. The summed E-state index contributed by atoms with van der Waals surface area (Å²) in [6.07, 6.45) is 4.34. The van der Waals surface area contributed by atoms with E-state index in [1.165, 1.54) is 0 Å². The number of rotatable bonds is 4. The number of carboxylic acids is 1. The van der Waals surface area contributed by atoms with Crippen molar-refractivity contribution in [2.24, 2.45) is 23.7 Å². The molecule has 1 aliphatic heterocycles. The van der Waals surface area contributed by atoms with E-state index in [1.807, 2.05) is 6.92 Å². The lowest BCUT2D eigenvalue weighted by atomic mass is 9.85. The van der Waals surface area contributed by atoms with E-state index >= 15 is 0 Å². The van der Waals surface area contributed by atoms with Gasteiger partial charge >= 0.3 is 5.97 Å². The van der Waals surface area contributed by atoms with Gasteiger partial charge in [-0.2, -0.15) is 0 Å². The normalized spacial score (nSPS) is 35.7. The molecule has 3 rings (SSSR count). The van der Waals surface area contributed by atoms with Crippen LogP contribution in [0.4, 0.5) is 0 Å². The summed E-state index contributed by atoms with van der Waals surface area (Å²) in [5.41, 5.74) is -0.683. The fraction of sp³-hybridized carbons (Fsp3) is 0.867. The maximum absolute atomic E-state index is 12.5. The van der Waals surface area contributed by atoms with E-state index in [2.05, 4.69) is 0 Å². The van der Waals surface area contributed by atoms with Gasteiger partial charge in [0.25, 0.3) is 0 Å². The van der Waals surface area contributed by atoms with Crippen LogP contribution in [-0.2, 0) is 9.59 Å². The van der Waals surface area contributed by atoms with Gasteiger partial charge in [0.15, 0.2) is 0 Å². The third kappa shape index (κ3) is 2.22. The van der Waals surface area contributed by atoms with E-state index in [1.54, 1.807) is 4.90 Å². The molecule has 2 N–H and O–H groups in total. The minimum absolute atomic E-state index is 0.0568. The first-order valence-electron chi connectivity index (χ1n) is 7.68. The summed E-state index contributed by atoms with van der Waals surface area (Å²) < 4.78 is 0. The van der Waals surface area contributed by atoms with Crippen molar-refractivity contribution in [2.75, 3.05) is 13.1 Å². The number of carboxylic acid groups (broad SMARTS) is 1. The number of carbonyl (C=O) groups is 2. The Morgan fingerprint density at radius 1 is 1.20 bits per heavy atom. The highest BCUT2D eigenvalue weighted by Gasteiger charge is 2.55. The second-order valence-electron chi connectivity index (χ2n) is 6.87. The Hall–Kier alpha value is -1.10. The fourth-order valence-corrected chi connectivity index (χ4v) is 3.91. The number of likely N-dealkylation sites (tertiary alicyclic amines) is 1. The second-order valence-corrected chi connectivity index (χ2v) is 6.87. The van der Waals surface area contributed by atoms with E-state index in [4.69, 9.17) is 0 Å². The van der Waals surface area contributed by atoms with Gasteiger partial charge in [0.05, 0.1) is 24.9 Å². The maximum atomic E-state index is 12.5. The third-order valence-electron chi connectivity index (χ3n) is 5.45. The van der Waals surface area contributed by atoms with E-state index in [0.29, 0.717) is 37.8 Å². The Kier molecular flexibility index (Phi) is 3.27. The Labute approximate surface area is 119 Å². The van der Waals surface area contributed by atoms with Gasteiger partial charge in [0.2, 0.25) is 5.91 Å². The van der Waals surface area contributed by atoms with Crippen LogP contribution in [0.3, 0.4) is 0 Å². The lowest BCUT2D eigenvalue weighted by Gasteiger charge is -2.48. The molecule has 0 bridgehead atoms. The molecule has 0 radical (unpaired) electrons. The van der Waals surface area contributed by atoms with Crippen molar-refractivity contribution in [3.8, 4) is 0 Å². The second kappa shape index (κ2) is 4.72. The molecule has 1 amide bonds. The number of β-amino-alcohol motifs (C(OH)–C–C–N with tert-alkyl or cyclic N) is 1. The minimum atomic E-state index is -0.850. The van der Waals surface area contributed by atoms with E-state index < -0.39 is 17.5 Å². The molecule has 20 heavy (non-hydrogen) atoms. The van der Waals surface area contributed by atoms with E-state index in [0.717, 1.165) is 19.3 Å². The minimum Gasteiger partial charge on any atom is -0.481 e. The van der Waals surface area contributed by atoms with Crippen LogP contribution in [-0.4, -0.2) is 45.7 Å². The fourth-order valence-electron chi connectivity index (χ4n) is 3.91. The Morgan fingerprint density at radius 2 is 1.80 bits per heavy atom. The molecular weight excluding hydrogens is 258 g/mol. The lowest BCUT2D eigenvalue weighted by molar-refractivity contribution is -0.167. The smallest absolute Gasteiger partial charge is 0.307 e. The molecule has 1 unspecified atom stereocenters. The summed E-state index contributed by atoms with van der Waals surface area (Å²) in [7, 11) is 0. The SMILES string of the molecule is CCC1C[C@H](C(=O)N2CC(O)(C3CC3)C2)[C@H](C(=O)O)C1. The highest BCUT2D eigenvalue weighted by Crippen LogP contribution is 2.46. The topological polar surface area (TPSA) is 77.8 Å². The molecule has 5 heteroatoms. The standard InChI is InChI=1S/C15H23NO4/c1-2-9-5-11(12(6-9)14(18)19)13(17)16-7-15(20,8-16)10-3-4-10/h9-12,20H,2-8H2,1H3,(H,18,19)/t9?,11-,12+/m0/s1. The van der Waals surface area contributed by atoms with Crippen molar-refractivity contribution >= 4 is 11.9 Å². The van der Waals surface area contributed by atoms with Gasteiger partial charge < -0.3 is 15.1 Å². The summed E-state index contributed by atoms with van der Waals surface area (Å²) in [4.78, 5) is 25.5. The first-order chi connectivity index (χ1) is 9.44. The molecule has 3 fully saturated rings. The van der Waals surface area contributed by atoms with Gasteiger partial charge in [-0.15, -0.1) is 0 Å². The molecule has 1 saturated heterocycles. The maximum Gasteiger partial charge on any atom is 0.307 e. The average Bonchev–Trinajstić information content (AvgIpc) is 3.13. The van der Waals surface area contributed by atoms with Crippen molar-refractivity contribution in [3.05, 3.63) is 0 Å². The van der Waals surface area contributed by atoms with Gasteiger partial charge in [0.1, 0.15) is 5.60 Å². The monoisotopic (exact) mass is 281 g/mol. The van der Waals surface area contributed by atoms with Gasteiger partial charge in [-0.05, 0) is 37.5 Å². The van der Waals surface area contributed by atoms with Crippen LogP contribution in [0.2, 0.25) is 0 Å². The van der Waals surface area contributed by atoms with E-state index in [-0.39, 0.29) is 11.8 Å². The van der Waals surface area contributed by atoms with E-state index in [9.17, 15) is 19.8 Å². The predicted molar refractivity (Wildman–Crippen MR) is 71.9 cm³/mol. The van der Waals surface area contributed by atoms with Crippen LogP contribution in [0.5, 0.6) is 0 Å². The predicted octanol–water partition coefficient (Wildman–Crippen LogP) is 1.11. The number of hydrogen-bond donors (Lipinski definition) is 2. The van der Waals surface area contributed by atoms with Crippen LogP contribution in [0.1, 0.15) is 39.0 Å². The van der Waals surface area contributed by atoms with Gasteiger partial charge in [-0.1, -0.05) is 13.3 Å². The van der Waals surface area contributed by atoms with Crippen molar-refractivity contribution in [1.29, 1.82) is 0 Å². The van der Waals surface area contributed by atoms with Gasteiger partial charge in [0, 0.05) is 0 Å². The third-order valence-corrected chi connectivity index (χ3v) is 5.45. The van der Waals surface area contributed by atoms with Crippen LogP contribution in [0, 0.1) is 23.7 Å². The summed E-state index contributed by atoms with van der Waals surface area (Å²) >= 11 is 0. The zero-order chi connectivity index (χ0) is 14.5. The van der Waals surface area contributed by atoms with Crippen molar-refractivity contribution in [3.63, 3.8) is 0 Å². The average molecular weight is 281 g/mol. The number of aliphatic carboxylic acids is 1. The molecular formula is C15H23NO4. The van der Waals surface area contributed by atoms with Crippen LogP contribution < -0.4 is 0 Å². The molecule has 0 aromatic heterocycles. The molecule has 3 aliphatic rings. The van der Waals surface area contributed by atoms with Crippen molar-refractivity contribution in [2.45, 2.75) is 44.6 Å². The summed E-state index contributed by atoms with van der Waals surface area (Å²) in [5, 5.41) is 19.6. The molecule has 3 atom stereocenters. The summed E-state index contributed by atoms with van der Waals surface area (Å²) in [6.45, 7) is 2.85. The lowest BCUT2D eigenvalue weighted by Crippen LogP contribution is -2.65. The number of hydrogen-bond acceptors (Lipinski definition) is 3. The number of carbonyl (C=O) groups excluding carboxylic acids is 1. The Bertz CT molecular complexity index is 426. The largest absolute Gasteiger partial charge is 0.481 e. The molecule has 112 valence electrons. The highest BCUT2D eigenvalue weighted by molar-refractivity contribution is 5.86. The molecule has 5 nitrogen and oxygen atoms in total. The van der Waals surface area contributed by atoms with Gasteiger partial charge in [-0.3, -0.25) is 9.59 Å². The highest BCUT2D eigenvalue weighted by atomic mass is 16.4. The van der Waals surface area contributed by atoms with Crippen LogP contribution >= 0.6 is 0 Å². The molecule has 0 aromatic carbocycles. The Morgan fingerprint density at radius 3 is 2.30 bits per heavy atom. The molecule has 1 heterocycles. The van der Waals surface area contributed by atoms with Gasteiger partial charge in [-0.25, -0.2) is 0 Å². The van der Waals surface area contributed by atoms with Crippen molar-refractivity contribution < 1.29 is 19.8 Å². The van der Waals surface area contributed by atoms with Crippen LogP contribution in [0.15, 0.2) is 0 Å². The summed E-state index contributed by atoms with van der Waals surface area (Å²) in [6, 6.07) is 0. The quantitative estimate of drug-likeness (QED) is 0.809. The zero-order valence-electron chi connectivity index (χ0n) is 11.9. The molecule has 0 aromatic rings. The molecule has 0 spiro atoms. The number of nitrogens with zero attached hydrogens (tertiary/aromatic N) is 1. The number of aliphatic hydroxyl groups is 1. The zero-order valence-corrected chi connectivity index (χ0v) is 11.9. The van der Waals surface area contributed by atoms with Crippen molar-refractivity contribution in [1.82, 2.24) is 4.90 Å². The van der Waals surface area contributed by atoms with Crippen LogP contribution in [0.25, 0.3) is 0 Å². The molecule has 2 saturated carbocycles. The first-order valence-corrected chi connectivity index (χ1v) is 7.68. The summed E-state index contributed by atoms with van der Waals surface area (Å²) in [5.74, 6) is -1.14. The molecule has 2 aliphatic carbocycles.